The number of amides is 2. The molecule has 0 saturated carbocycles. The molecule has 0 radical (unpaired) electrons. The maximum Gasteiger partial charge on any atom is 0.258 e. The second-order valence-corrected chi connectivity index (χ2v) is 7.51. The molecule has 1 fully saturated rings. The van der Waals surface area contributed by atoms with Crippen LogP contribution >= 0.6 is 0 Å². The van der Waals surface area contributed by atoms with Crippen molar-refractivity contribution in [1.82, 2.24) is 9.88 Å². The van der Waals surface area contributed by atoms with Crippen LogP contribution < -0.4 is 4.90 Å². The molecule has 1 aromatic heterocycles. The van der Waals surface area contributed by atoms with Crippen molar-refractivity contribution in [1.29, 1.82) is 0 Å². The zero-order valence-electron chi connectivity index (χ0n) is 16.3. The average molecular weight is 391 g/mol. The third-order valence-electron chi connectivity index (χ3n) is 5.63. The Morgan fingerprint density at radius 1 is 1.07 bits per heavy atom. The second-order valence-electron chi connectivity index (χ2n) is 7.51. The van der Waals surface area contributed by atoms with Crippen LogP contribution in [0.15, 0.2) is 60.8 Å². The molecule has 4 rings (SSSR count). The monoisotopic (exact) mass is 391 g/mol. The Kier molecular flexibility index (Phi) is 5.62. The number of H-pyrrole nitrogens is 1. The Morgan fingerprint density at radius 2 is 1.83 bits per heavy atom. The summed E-state index contributed by atoms with van der Waals surface area (Å²) in [7, 11) is 0. The lowest BCUT2D eigenvalue weighted by Gasteiger charge is -2.33. The van der Waals surface area contributed by atoms with Crippen molar-refractivity contribution in [3.8, 4) is 0 Å². The number of aromatic amines is 1. The molecule has 0 unspecified atom stereocenters. The fourth-order valence-corrected chi connectivity index (χ4v) is 3.83. The number of piperidine rings is 1. The van der Waals surface area contributed by atoms with E-state index < -0.39 is 0 Å². The number of likely N-dealkylation sites (tertiary alicyclic amines) is 1. The number of hydrogen-bond acceptors (Lipinski definition) is 3. The topological polar surface area (TPSA) is 76.6 Å². The molecule has 0 atom stereocenters. The maximum atomic E-state index is 13.3. The highest BCUT2D eigenvalue weighted by molar-refractivity contribution is 6.10. The summed E-state index contributed by atoms with van der Waals surface area (Å²) in [5, 5.41) is 10.3. The van der Waals surface area contributed by atoms with E-state index in [1.54, 1.807) is 15.9 Å². The van der Waals surface area contributed by atoms with Gasteiger partial charge in [0.2, 0.25) is 5.91 Å². The van der Waals surface area contributed by atoms with E-state index in [9.17, 15) is 14.7 Å². The number of carbonyl (C=O) groups excluding carboxylic acids is 2. The minimum absolute atomic E-state index is 0.00456. The van der Waals surface area contributed by atoms with Crippen LogP contribution in [0.5, 0.6) is 0 Å². The van der Waals surface area contributed by atoms with Crippen molar-refractivity contribution in [2.24, 2.45) is 5.92 Å². The Labute approximate surface area is 169 Å². The zero-order valence-corrected chi connectivity index (χ0v) is 16.3. The van der Waals surface area contributed by atoms with Gasteiger partial charge in [0.05, 0.1) is 0 Å². The lowest BCUT2D eigenvalue weighted by Crippen LogP contribution is -2.46. The normalized spacial score (nSPS) is 14.9. The molecule has 1 saturated heterocycles. The number of hydrogen-bond donors (Lipinski definition) is 2. The van der Waals surface area contributed by atoms with Gasteiger partial charge in [0.1, 0.15) is 6.54 Å². The van der Waals surface area contributed by atoms with Gasteiger partial charge in [-0.3, -0.25) is 14.5 Å². The number of aliphatic hydroxyl groups excluding tert-OH is 1. The van der Waals surface area contributed by atoms with Gasteiger partial charge < -0.3 is 15.0 Å². The highest BCUT2D eigenvalue weighted by Crippen LogP contribution is 2.22. The van der Waals surface area contributed by atoms with Gasteiger partial charge in [0.15, 0.2) is 0 Å². The van der Waals surface area contributed by atoms with Gasteiger partial charge in [-0.15, -0.1) is 0 Å². The number of benzene rings is 2. The van der Waals surface area contributed by atoms with E-state index in [1.807, 2.05) is 54.7 Å². The molecule has 1 aliphatic rings. The van der Waals surface area contributed by atoms with Crippen LogP contribution in [0, 0.1) is 5.92 Å². The van der Waals surface area contributed by atoms with Gasteiger partial charge in [-0.05, 0) is 54.5 Å². The predicted molar refractivity (Wildman–Crippen MR) is 113 cm³/mol. The van der Waals surface area contributed by atoms with Crippen molar-refractivity contribution < 1.29 is 14.7 Å². The summed E-state index contributed by atoms with van der Waals surface area (Å²) < 4.78 is 0. The molecule has 29 heavy (non-hydrogen) atoms. The van der Waals surface area contributed by atoms with Crippen LogP contribution in [0.1, 0.15) is 23.2 Å². The summed E-state index contributed by atoms with van der Waals surface area (Å²) in [6.07, 6.45) is 3.43. The van der Waals surface area contributed by atoms with Crippen molar-refractivity contribution in [2.75, 3.05) is 31.1 Å². The fraction of sp³-hybridized carbons (Fsp3) is 0.304. The molecular formula is C23H25N3O3. The standard InChI is InChI=1S/C23H25N3O3/c27-16-17-9-12-25(13-10-17)22(28)15-26(20-4-2-1-3-5-20)23(29)19-7-6-18-8-11-24-21(18)14-19/h1-8,11,14,17,24,27H,9-10,12-13,15-16H2. The number of rotatable bonds is 5. The van der Waals surface area contributed by atoms with Crippen molar-refractivity contribution in [3.63, 3.8) is 0 Å². The molecule has 0 bridgehead atoms. The van der Waals surface area contributed by atoms with Gasteiger partial charge >= 0.3 is 0 Å². The van der Waals surface area contributed by atoms with Crippen LogP contribution in [0.25, 0.3) is 10.9 Å². The minimum atomic E-state index is -0.203. The van der Waals surface area contributed by atoms with Crippen LogP contribution in [-0.2, 0) is 4.79 Å². The summed E-state index contributed by atoms with van der Waals surface area (Å²) in [6.45, 7) is 1.40. The van der Waals surface area contributed by atoms with E-state index in [-0.39, 0.29) is 30.9 Å². The number of nitrogens with zero attached hydrogens (tertiary/aromatic N) is 2. The van der Waals surface area contributed by atoms with Crippen LogP contribution in [0.2, 0.25) is 0 Å². The van der Waals surface area contributed by atoms with Crippen molar-refractivity contribution in [3.05, 3.63) is 66.4 Å². The van der Waals surface area contributed by atoms with Crippen LogP contribution in [0.3, 0.4) is 0 Å². The summed E-state index contributed by atoms with van der Waals surface area (Å²) in [5.41, 5.74) is 2.12. The largest absolute Gasteiger partial charge is 0.396 e. The highest BCUT2D eigenvalue weighted by Gasteiger charge is 2.27. The number of fused-ring (bicyclic) bond motifs is 1. The third-order valence-corrected chi connectivity index (χ3v) is 5.63. The summed E-state index contributed by atoms with van der Waals surface area (Å²) in [5.74, 6) is -0.00993. The lowest BCUT2D eigenvalue weighted by molar-refractivity contribution is -0.131. The van der Waals surface area contributed by atoms with E-state index in [4.69, 9.17) is 0 Å². The third kappa shape index (κ3) is 4.17. The Bertz CT molecular complexity index is 991. The predicted octanol–water partition coefficient (Wildman–Crippen LogP) is 3.05. The van der Waals surface area contributed by atoms with E-state index in [2.05, 4.69) is 4.98 Å². The first-order chi connectivity index (χ1) is 14.2. The maximum absolute atomic E-state index is 13.3. The molecule has 6 nitrogen and oxygen atoms in total. The van der Waals surface area contributed by atoms with Gasteiger partial charge in [-0.2, -0.15) is 0 Å². The van der Waals surface area contributed by atoms with Crippen molar-refractivity contribution >= 4 is 28.4 Å². The first-order valence-corrected chi connectivity index (χ1v) is 9.98. The number of aliphatic hydroxyl groups is 1. The number of carbonyl (C=O) groups is 2. The molecule has 0 aliphatic carbocycles. The molecule has 2 N–H and O–H groups in total. The SMILES string of the molecule is O=C(CN(C(=O)c1ccc2cc[nH]c2c1)c1ccccc1)N1CCC(CO)CC1. The van der Waals surface area contributed by atoms with Crippen molar-refractivity contribution in [2.45, 2.75) is 12.8 Å². The Balaban J connectivity index is 1.56. The van der Waals surface area contributed by atoms with E-state index >= 15 is 0 Å². The first-order valence-electron chi connectivity index (χ1n) is 9.98. The van der Waals surface area contributed by atoms with Gasteiger partial charge in [-0.1, -0.05) is 24.3 Å². The summed E-state index contributed by atoms with van der Waals surface area (Å²) >= 11 is 0. The smallest absolute Gasteiger partial charge is 0.258 e. The summed E-state index contributed by atoms with van der Waals surface area (Å²) in [6, 6.07) is 16.8. The molecule has 0 spiro atoms. The second kappa shape index (κ2) is 8.49. The molecular weight excluding hydrogens is 366 g/mol. The minimum Gasteiger partial charge on any atom is -0.396 e. The average Bonchev–Trinajstić information content (AvgIpc) is 3.25. The quantitative estimate of drug-likeness (QED) is 0.702. The molecule has 150 valence electrons. The number of aromatic nitrogens is 1. The molecule has 3 aromatic rings. The van der Waals surface area contributed by atoms with E-state index in [0.717, 1.165) is 23.7 Å². The summed E-state index contributed by atoms with van der Waals surface area (Å²) in [4.78, 5) is 32.8. The molecule has 2 heterocycles. The highest BCUT2D eigenvalue weighted by atomic mass is 16.3. The zero-order chi connectivity index (χ0) is 20.2. The molecule has 2 amide bonds. The fourth-order valence-electron chi connectivity index (χ4n) is 3.83. The van der Waals surface area contributed by atoms with Gasteiger partial charge in [-0.25, -0.2) is 0 Å². The first kappa shape index (κ1) is 19.2. The molecule has 1 aliphatic heterocycles. The lowest BCUT2D eigenvalue weighted by atomic mass is 9.98. The number of para-hydroxylation sites is 1. The molecule has 2 aromatic carbocycles. The number of nitrogens with one attached hydrogen (secondary N) is 1. The van der Waals surface area contributed by atoms with E-state index in [0.29, 0.717) is 24.3 Å². The Hall–Kier alpha value is -3.12. The van der Waals surface area contributed by atoms with Gasteiger partial charge in [0, 0.05) is 42.7 Å². The van der Waals surface area contributed by atoms with Gasteiger partial charge in [0.25, 0.3) is 5.91 Å². The van der Waals surface area contributed by atoms with E-state index in [1.165, 1.54) is 0 Å². The Morgan fingerprint density at radius 3 is 2.55 bits per heavy atom. The van der Waals surface area contributed by atoms with Crippen LogP contribution in [-0.4, -0.2) is 53.0 Å². The van der Waals surface area contributed by atoms with Crippen LogP contribution in [0.4, 0.5) is 5.69 Å². The molecule has 6 heteroatoms. The number of anilines is 1.